The van der Waals surface area contributed by atoms with Gasteiger partial charge in [-0.2, -0.15) is 0 Å². The first-order chi connectivity index (χ1) is 12.4. The van der Waals surface area contributed by atoms with Crippen molar-refractivity contribution in [1.82, 2.24) is 5.32 Å². The maximum atomic E-state index is 12.5. The number of benzene rings is 2. The smallest absolute Gasteiger partial charge is 0.258 e. The Morgan fingerprint density at radius 2 is 1.73 bits per heavy atom. The van der Waals surface area contributed by atoms with E-state index in [9.17, 15) is 4.79 Å². The van der Waals surface area contributed by atoms with Crippen LogP contribution >= 0.6 is 0 Å². The zero-order valence-corrected chi connectivity index (χ0v) is 16.6. The molecule has 0 fully saturated rings. The number of aryl methyl sites for hydroxylation is 1. The van der Waals surface area contributed by atoms with Gasteiger partial charge in [0.15, 0.2) is 6.61 Å². The molecule has 1 atom stereocenters. The summed E-state index contributed by atoms with van der Waals surface area (Å²) >= 11 is 0. The quantitative estimate of drug-likeness (QED) is 0.690. The molecule has 0 aliphatic heterocycles. The molecule has 0 heterocycles. The highest BCUT2D eigenvalue weighted by molar-refractivity contribution is 5.78. The third-order valence-corrected chi connectivity index (χ3v) is 4.39. The minimum atomic E-state index is -0.0873. The fourth-order valence-corrected chi connectivity index (χ4v) is 3.06. The highest BCUT2D eigenvalue weighted by Gasteiger charge is 2.17. The lowest BCUT2D eigenvalue weighted by atomic mass is 9.97. The number of hydrogen-bond donors (Lipinski definition) is 1. The van der Waals surface area contributed by atoms with Gasteiger partial charge in [-0.3, -0.25) is 4.79 Å². The SMILES string of the molecule is Cc1ccc(C(C)C)c(OCC(=O)N[C@H](CC(C)C)c2ccccc2)c1. The van der Waals surface area contributed by atoms with Crippen LogP contribution in [0.25, 0.3) is 0 Å². The van der Waals surface area contributed by atoms with E-state index in [-0.39, 0.29) is 18.6 Å². The minimum Gasteiger partial charge on any atom is -0.483 e. The molecular weight excluding hydrogens is 322 g/mol. The standard InChI is InChI=1S/C23H31NO2/c1-16(2)13-21(19-9-7-6-8-10-19)24-23(25)15-26-22-14-18(5)11-12-20(22)17(3)4/h6-12,14,16-17,21H,13,15H2,1-5H3,(H,24,25)/t21-/m1/s1. The number of carbonyl (C=O) groups excluding carboxylic acids is 1. The van der Waals surface area contributed by atoms with E-state index in [2.05, 4.69) is 57.3 Å². The number of nitrogens with one attached hydrogen (secondary N) is 1. The first-order valence-electron chi connectivity index (χ1n) is 9.44. The van der Waals surface area contributed by atoms with Gasteiger partial charge in [0.1, 0.15) is 5.75 Å². The Bertz CT molecular complexity index is 707. The zero-order valence-electron chi connectivity index (χ0n) is 16.6. The molecule has 1 N–H and O–H groups in total. The molecule has 0 unspecified atom stereocenters. The van der Waals surface area contributed by atoms with E-state index in [1.165, 1.54) is 0 Å². The first-order valence-corrected chi connectivity index (χ1v) is 9.44. The van der Waals surface area contributed by atoms with Crippen LogP contribution in [-0.2, 0) is 4.79 Å². The Labute approximate surface area is 157 Å². The third kappa shape index (κ3) is 5.91. The van der Waals surface area contributed by atoms with Gasteiger partial charge in [-0.05, 0) is 47.9 Å². The van der Waals surface area contributed by atoms with Gasteiger partial charge in [0, 0.05) is 0 Å². The molecule has 140 valence electrons. The van der Waals surface area contributed by atoms with Crippen molar-refractivity contribution in [3.05, 3.63) is 65.2 Å². The van der Waals surface area contributed by atoms with Gasteiger partial charge in [-0.25, -0.2) is 0 Å². The zero-order chi connectivity index (χ0) is 19.1. The highest BCUT2D eigenvalue weighted by atomic mass is 16.5. The van der Waals surface area contributed by atoms with E-state index < -0.39 is 0 Å². The summed E-state index contributed by atoms with van der Waals surface area (Å²) < 4.78 is 5.87. The number of ether oxygens (including phenoxy) is 1. The summed E-state index contributed by atoms with van der Waals surface area (Å²) in [4.78, 5) is 12.5. The van der Waals surface area contributed by atoms with Crippen LogP contribution in [0.2, 0.25) is 0 Å². The summed E-state index contributed by atoms with van der Waals surface area (Å²) in [5.74, 6) is 1.56. The average molecular weight is 354 g/mol. The topological polar surface area (TPSA) is 38.3 Å². The van der Waals surface area contributed by atoms with Crippen LogP contribution in [0.1, 0.15) is 62.8 Å². The largest absolute Gasteiger partial charge is 0.483 e. The van der Waals surface area contributed by atoms with Crippen molar-refractivity contribution in [2.75, 3.05) is 6.61 Å². The van der Waals surface area contributed by atoms with E-state index >= 15 is 0 Å². The summed E-state index contributed by atoms with van der Waals surface area (Å²) in [6.07, 6.45) is 0.900. The van der Waals surface area contributed by atoms with E-state index in [0.29, 0.717) is 11.8 Å². The van der Waals surface area contributed by atoms with Gasteiger partial charge in [0.25, 0.3) is 5.91 Å². The normalized spacial score (nSPS) is 12.3. The van der Waals surface area contributed by atoms with Crippen molar-refractivity contribution in [3.8, 4) is 5.75 Å². The second kappa shape index (κ2) is 9.42. The molecule has 0 bridgehead atoms. The lowest BCUT2D eigenvalue weighted by Crippen LogP contribution is -2.33. The second-order valence-corrected chi connectivity index (χ2v) is 7.64. The molecule has 2 aromatic rings. The third-order valence-electron chi connectivity index (χ3n) is 4.39. The number of rotatable bonds is 8. The van der Waals surface area contributed by atoms with Crippen molar-refractivity contribution < 1.29 is 9.53 Å². The van der Waals surface area contributed by atoms with E-state index in [0.717, 1.165) is 28.9 Å². The lowest BCUT2D eigenvalue weighted by Gasteiger charge is -2.22. The molecule has 26 heavy (non-hydrogen) atoms. The fraction of sp³-hybridized carbons (Fsp3) is 0.435. The molecule has 1 amide bonds. The maximum Gasteiger partial charge on any atom is 0.258 e. The van der Waals surface area contributed by atoms with Crippen molar-refractivity contribution >= 4 is 5.91 Å². The van der Waals surface area contributed by atoms with Gasteiger partial charge >= 0.3 is 0 Å². The van der Waals surface area contributed by atoms with Crippen LogP contribution in [0.15, 0.2) is 48.5 Å². The molecule has 0 spiro atoms. The van der Waals surface area contributed by atoms with Gasteiger partial charge in [-0.15, -0.1) is 0 Å². The molecule has 2 rings (SSSR count). The van der Waals surface area contributed by atoms with Crippen LogP contribution < -0.4 is 10.1 Å². The van der Waals surface area contributed by atoms with Crippen molar-refractivity contribution in [2.45, 2.75) is 53.0 Å². The summed E-state index contributed by atoms with van der Waals surface area (Å²) in [5, 5.41) is 3.13. The number of hydrogen-bond acceptors (Lipinski definition) is 2. The second-order valence-electron chi connectivity index (χ2n) is 7.64. The van der Waals surface area contributed by atoms with Crippen LogP contribution in [0.4, 0.5) is 0 Å². The predicted molar refractivity (Wildman–Crippen MR) is 108 cm³/mol. The molecule has 3 nitrogen and oxygen atoms in total. The van der Waals surface area contributed by atoms with E-state index in [1.54, 1.807) is 0 Å². The van der Waals surface area contributed by atoms with Crippen LogP contribution in [0.5, 0.6) is 5.75 Å². The van der Waals surface area contributed by atoms with Gasteiger partial charge in [-0.1, -0.05) is 70.2 Å². The fourth-order valence-electron chi connectivity index (χ4n) is 3.06. The molecule has 2 aromatic carbocycles. The summed E-state index contributed by atoms with van der Waals surface area (Å²) in [6, 6.07) is 16.3. The van der Waals surface area contributed by atoms with Crippen molar-refractivity contribution in [1.29, 1.82) is 0 Å². The van der Waals surface area contributed by atoms with Crippen molar-refractivity contribution in [3.63, 3.8) is 0 Å². The maximum absolute atomic E-state index is 12.5. The Morgan fingerprint density at radius 1 is 1.04 bits per heavy atom. The summed E-state index contributed by atoms with van der Waals surface area (Å²) in [6.45, 7) is 10.7. The highest BCUT2D eigenvalue weighted by Crippen LogP contribution is 2.27. The van der Waals surface area contributed by atoms with Gasteiger partial charge in [0.2, 0.25) is 0 Å². The summed E-state index contributed by atoms with van der Waals surface area (Å²) in [5.41, 5.74) is 3.39. The van der Waals surface area contributed by atoms with E-state index in [4.69, 9.17) is 4.74 Å². The molecular formula is C23H31NO2. The van der Waals surface area contributed by atoms with Crippen LogP contribution in [-0.4, -0.2) is 12.5 Å². The van der Waals surface area contributed by atoms with E-state index in [1.807, 2.05) is 31.2 Å². The number of amides is 1. The Hall–Kier alpha value is -2.29. The molecule has 0 radical (unpaired) electrons. The lowest BCUT2D eigenvalue weighted by molar-refractivity contribution is -0.124. The minimum absolute atomic E-state index is 0.00868. The molecule has 0 aliphatic carbocycles. The number of carbonyl (C=O) groups is 1. The molecule has 0 saturated heterocycles. The molecule has 0 saturated carbocycles. The Kier molecular flexibility index (Phi) is 7.26. The Morgan fingerprint density at radius 3 is 2.35 bits per heavy atom. The first kappa shape index (κ1) is 20.0. The molecule has 3 heteroatoms. The average Bonchev–Trinajstić information content (AvgIpc) is 2.59. The molecule has 0 aromatic heterocycles. The monoisotopic (exact) mass is 353 g/mol. The van der Waals surface area contributed by atoms with Gasteiger partial charge < -0.3 is 10.1 Å². The Balaban J connectivity index is 2.04. The predicted octanol–water partition coefficient (Wildman–Crippen LogP) is 5.40. The van der Waals surface area contributed by atoms with Gasteiger partial charge in [0.05, 0.1) is 6.04 Å². The van der Waals surface area contributed by atoms with Crippen molar-refractivity contribution in [2.24, 2.45) is 5.92 Å². The van der Waals surface area contributed by atoms with Crippen LogP contribution in [0.3, 0.4) is 0 Å². The summed E-state index contributed by atoms with van der Waals surface area (Å²) in [7, 11) is 0. The van der Waals surface area contributed by atoms with Crippen LogP contribution in [0, 0.1) is 12.8 Å². The molecule has 0 aliphatic rings.